The average molecular weight is 484 g/mol. The van der Waals surface area contributed by atoms with Crippen molar-refractivity contribution in [3.8, 4) is 0 Å². The van der Waals surface area contributed by atoms with Gasteiger partial charge in [-0.2, -0.15) is 8.42 Å². The zero-order chi connectivity index (χ0) is 24.9. The molecule has 0 saturated carbocycles. The van der Waals surface area contributed by atoms with Crippen LogP contribution in [0, 0.1) is 11.3 Å². The van der Waals surface area contributed by atoms with E-state index >= 15 is 0 Å². The maximum Gasteiger partial charge on any atom is 0.511 e. The Balaban J connectivity index is 4.79. The van der Waals surface area contributed by atoms with Crippen molar-refractivity contribution in [2.75, 3.05) is 25.5 Å². The molecule has 0 aromatic rings. The van der Waals surface area contributed by atoms with Crippen LogP contribution in [0.4, 0.5) is 4.79 Å². The number of hydrogen-bond acceptors (Lipinski definition) is 10. The highest BCUT2D eigenvalue weighted by Gasteiger charge is 2.38. The van der Waals surface area contributed by atoms with Crippen molar-refractivity contribution in [1.29, 1.82) is 0 Å². The number of rotatable bonds is 15. The molecule has 32 heavy (non-hydrogen) atoms. The van der Waals surface area contributed by atoms with Crippen LogP contribution in [0.15, 0.2) is 0 Å². The highest BCUT2D eigenvalue weighted by molar-refractivity contribution is 7.86. The van der Waals surface area contributed by atoms with Gasteiger partial charge in [0.2, 0.25) is 5.91 Å². The van der Waals surface area contributed by atoms with Gasteiger partial charge >= 0.3 is 12.1 Å². The number of unbranched alkanes of at least 4 members (excludes halogenated alkanes) is 1. The van der Waals surface area contributed by atoms with Crippen molar-refractivity contribution in [3.05, 3.63) is 0 Å². The van der Waals surface area contributed by atoms with Gasteiger partial charge in [-0.05, 0) is 12.8 Å². The molecule has 0 saturated heterocycles. The van der Waals surface area contributed by atoms with Gasteiger partial charge in [0.05, 0.1) is 19.0 Å². The van der Waals surface area contributed by atoms with Gasteiger partial charge in [-0.25, -0.2) is 9.59 Å². The van der Waals surface area contributed by atoms with E-state index in [4.69, 9.17) is 18.4 Å². The van der Waals surface area contributed by atoms with Crippen molar-refractivity contribution >= 4 is 28.1 Å². The Morgan fingerprint density at radius 2 is 1.72 bits per heavy atom. The van der Waals surface area contributed by atoms with Crippen LogP contribution in [0.2, 0.25) is 0 Å². The fourth-order valence-corrected chi connectivity index (χ4v) is 3.21. The highest BCUT2D eigenvalue weighted by atomic mass is 32.2. The number of nitrogens with one attached hydrogen (secondary N) is 1. The van der Waals surface area contributed by atoms with Crippen LogP contribution in [-0.2, 0) is 38.1 Å². The molecular weight excluding hydrogens is 446 g/mol. The first-order valence-electron chi connectivity index (χ1n) is 10.5. The molecule has 11 nitrogen and oxygen atoms in total. The van der Waals surface area contributed by atoms with Crippen LogP contribution in [-0.4, -0.2) is 69.5 Å². The standard InChI is InChI=1S/C20H37NO10S/c1-7-8-11-28-19(25)31-18(14(2)3)30-17(24)16(23)20(5,6)13-29-32(26,27)12-9-10-21-15(4)22/h14,16,18,23H,7-13H2,1-6H3,(H,21,22)/t16-,18?/m0/s1. The number of hydrogen-bond donors (Lipinski definition) is 2. The molecular formula is C20H37NO10S. The minimum Gasteiger partial charge on any atom is -0.434 e. The summed E-state index contributed by atoms with van der Waals surface area (Å²) in [5.41, 5.74) is -1.33. The van der Waals surface area contributed by atoms with E-state index in [9.17, 15) is 27.9 Å². The highest BCUT2D eigenvalue weighted by Crippen LogP contribution is 2.24. The molecule has 0 radical (unpaired) electrons. The molecule has 0 bridgehead atoms. The lowest BCUT2D eigenvalue weighted by Gasteiger charge is -2.30. The summed E-state index contributed by atoms with van der Waals surface area (Å²) in [7, 11) is -3.94. The second kappa shape index (κ2) is 14.3. The Morgan fingerprint density at radius 1 is 1.09 bits per heavy atom. The normalized spacial score (nSPS) is 13.9. The molecule has 1 unspecified atom stereocenters. The van der Waals surface area contributed by atoms with Crippen molar-refractivity contribution in [1.82, 2.24) is 5.32 Å². The van der Waals surface area contributed by atoms with Gasteiger partial charge in [0.1, 0.15) is 0 Å². The molecule has 0 aromatic heterocycles. The van der Waals surface area contributed by atoms with E-state index < -0.39 is 52.6 Å². The monoisotopic (exact) mass is 483 g/mol. The van der Waals surface area contributed by atoms with Gasteiger partial charge in [0.15, 0.2) is 6.10 Å². The molecule has 0 aliphatic rings. The van der Waals surface area contributed by atoms with Gasteiger partial charge in [-0.15, -0.1) is 0 Å². The molecule has 0 aliphatic heterocycles. The average Bonchev–Trinajstić information content (AvgIpc) is 2.68. The third kappa shape index (κ3) is 12.8. The summed E-state index contributed by atoms with van der Waals surface area (Å²) < 4.78 is 43.9. The van der Waals surface area contributed by atoms with E-state index in [-0.39, 0.29) is 31.2 Å². The molecule has 1 amide bonds. The largest absolute Gasteiger partial charge is 0.511 e. The molecule has 12 heteroatoms. The Hall–Kier alpha value is -1.92. The number of ether oxygens (including phenoxy) is 3. The number of esters is 1. The third-order valence-electron chi connectivity index (χ3n) is 4.23. The summed E-state index contributed by atoms with van der Waals surface area (Å²) in [6.07, 6.45) is -2.41. The van der Waals surface area contributed by atoms with E-state index in [0.29, 0.717) is 6.42 Å². The summed E-state index contributed by atoms with van der Waals surface area (Å²) in [4.78, 5) is 34.9. The molecule has 0 rings (SSSR count). The summed E-state index contributed by atoms with van der Waals surface area (Å²) in [5.74, 6) is -2.13. The lowest BCUT2D eigenvalue weighted by atomic mass is 9.87. The molecule has 188 valence electrons. The summed E-state index contributed by atoms with van der Waals surface area (Å²) in [6.45, 7) is 9.24. The van der Waals surface area contributed by atoms with E-state index in [0.717, 1.165) is 6.42 Å². The van der Waals surface area contributed by atoms with Gasteiger partial charge in [-0.3, -0.25) is 8.98 Å². The fraction of sp³-hybridized carbons (Fsp3) is 0.850. The summed E-state index contributed by atoms with van der Waals surface area (Å²) in [6, 6.07) is 0. The van der Waals surface area contributed by atoms with Gasteiger partial charge < -0.3 is 24.6 Å². The van der Waals surface area contributed by atoms with Crippen LogP contribution in [0.3, 0.4) is 0 Å². The summed E-state index contributed by atoms with van der Waals surface area (Å²) >= 11 is 0. The second-order valence-electron chi connectivity index (χ2n) is 8.37. The van der Waals surface area contributed by atoms with Crippen LogP contribution in [0.25, 0.3) is 0 Å². The van der Waals surface area contributed by atoms with Gasteiger partial charge in [-0.1, -0.05) is 41.0 Å². The predicted molar refractivity (Wildman–Crippen MR) is 115 cm³/mol. The zero-order valence-corrected chi connectivity index (χ0v) is 20.5. The Kier molecular flexibility index (Phi) is 13.4. The molecule has 2 atom stereocenters. The Labute approximate surface area is 190 Å². The van der Waals surface area contributed by atoms with Crippen molar-refractivity contribution in [2.45, 2.75) is 73.2 Å². The first-order valence-corrected chi connectivity index (χ1v) is 12.1. The topological polar surface area (TPSA) is 155 Å². The lowest BCUT2D eigenvalue weighted by Crippen LogP contribution is -2.44. The minimum atomic E-state index is -3.94. The van der Waals surface area contributed by atoms with Crippen molar-refractivity contribution in [2.24, 2.45) is 11.3 Å². The smallest absolute Gasteiger partial charge is 0.434 e. The van der Waals surface area contributed by atoms with Gasteiger partial charge in [0, 0.05) is 24.8 Å². The number of carbonyl (C=O) groups is 3. The zero-order valence-electron chi connectivity index (χ0n) is 19.7. The van der Waals surface area contributed by atoms with E-state index in [2.05, 4.69) is 5.32 Å². The van der Waals surface area contributed by atoms with Crippen LogP contribution < -0.4 is 5.32 Å². The minimum absolute atomic E-state index is 0.148. The van der Waals surface area contributed by atoms with E-state index in [1.165, 1.54) is 20.8 Å². The molecule has 0 aliphatic carbocycles. The predicted octanol–water partition coefficient (Wildman–Crippen LogP) is 1.72. The quantitative estimate of drug-likeness (QED) is 0.152. The van der Waals surface area contributed by atoms with E-state index in [1.807, 2.05) is 6.92 Å². The number of amides is 1. The van der Waals surface area contributed by atoms with E-state index in [1.54, 1.807) is 13.8 Å². The Bertz CT molecular complexity index is 705. The van der Waals surface area contributed by atoms with Crippen molar-refractivity contribution in [3.63, 3.8) is 0 Å². The van der Waals surface area contributed by atoms with Crippen LogP contribution >= 0.6 is 0 Å². The number of aliphatic hydroxyl groups is 1. The fourth-order valence-electron chi connectivity index (χ4n) is 2.12. The number of carbonyl (C=O) groups excluding carboxylic acids is 3. The number of aliphatic hydroxyl groups excluding tert-OH is 1. The Morgan fingerprint density at radius 3 is 2.25 bits per heavy atom. The summed E-state index contributed by atoms with van der Waals surface area (Å²) in [5, 5.41) is 12.9. The molecule has 0 heterocycles. The molecule has 0 spiro atoms. The lowest BCUT2D eigenvalue weighted by molar-refractivity contribution is -0.194. The maximum atomic E-state index is 12.4. The molecule has 2 N–H and O–H groups in total. The molecule has 0 aromatic carbocycles. The maximum absolute atomic E-state index is 12.4. The molecule has 0 fully saturated rings. The third-order valence-corrected chi connectivity index (χ3v) is 5.49. The van der Waals surface area contributed by atoms with Crippen molar-refractivity contribution < 1.29 is 46.3 Å². The van der Waals surface area contributed by atoms with Gasteiger partial charge in [0.25, 0.3) is 16.4 Å². The second-order valence-corrected chi connectivity index (χ2v) is 10.1. The van der Waals surface area contributed by atoms with Crippen LogP contribution in [0.1, 0.15) is 60.8 Å². The first-order chi connectivity index (χ1) is 14.7. The SMILES string of the molecule is CCCCOC(=O)OC(OC(=O)[C@H](O)C(C)(C)COS(=O)(=O)CCCNC(C)=O)C(C)C. The van der Waals surface area contributed by atoms with Crippen LogP contribution in [0.5, 0.6) is 0 Å². The first kappa shape index (κ1) is 30.1.